The summed E-state index contributed by atoms with van der Waals surface area (Å²) < 4.78 is 0. The summed E-state index contributed by atoms with van der Waals surface area (Å²) in [5.74, 6) is 0. The van der Waals surface area contributed by atoms with E-state index in [9.17, 15) is 0 Å². The van der Waals surface area contributed by atoms with E-state index in [1.807, 2.05) is 7.05 Å². The van der Waals surface area contributed by atoms with Crippen LogP contribution in [0.25, 0.3) is 0 Å². The Morgan fingerprint density at radius 3 is 2.83 bits per heavy atom. The molecule has 1 unspecified atom stereocenters. The lowest BCUT2D eigenvalue weighted by Gasteiger charge is -2.37. The Labute approximate surface area is 111 Å². The highest BCUT2D eigenvalue weighted by atomic mass is 15.2. The predicted octanol–water partition coefficient (Wildman–Crippen LogP) is 3.13. The molecule has 2 rings (SSSR count). The molecule has 0 aliphatic carbocycles. The lowest BCUT2D eigenvalue weighted by atomic mass is 9.89. The average Bonchev–Trinajstić information content (AvgIpc) is 2.39. The van der Waals surface area contributed by atoms with Crippen molar-refractivity contribution in [2.45, 2.75) is 45.7 Å². The van der Waals surface area contributed by atoms with Gasteiger partial charge in [-0.2, -0.15) is 0 Å². The Morgan fingerprint density at radius 2 is 2.17 bits per heavy atom. The van der Waals surface area contributed by atoms with Crippen LogP contribution in [-0.4, -0.2) is 25.0 Å². The van der Waals surface area contributed by atoms with Crippen molar-refractivity contribution in [1.82, 2.24) is 10.2 Å². The van der Waals surface area contributed by atoms with Gasteiger partial charge in [0.05, 0.1) is 0 Å². The molecule has 0 spiro atoms. The lowest BCUT2D eigenvalue weighted by molar-refractivity contribution is 0.184. The van der Waals surface area contributed by atoms with Crippen LogP contribution in [0.15, 0.2) is 18.2 Å². The molecule has 18 heavy (non-hydrogen) atoms. The molecule has 0 saturated carbocycles. The summed E-state index contributed by atoms with van der Waals surface area (Å²) in [6, 6.07) is 7.70. The molecule has 0 aromatic heterocycles. The van der Waals surface area contributed by atoms with Crippen molar-refractivity contribution in [1.29, 1.82) is 0 Å². The van der Waals surface area contributed by atoms with Gasteiger partial charge in [-0.3, -0.25) is 4.90 Å². The third kappa shape index (κ3) is 2.76. The molecule has 0 bridgehead atoms. The Hall–Kier alpha value is -0.860. The SMILES string of the molecule is CCCC1c2ccc(CNC)cc2CCN1CC. The highest BCUT2D eigenvalue weighted by Crippen LogP contribution is 2.33. The second-order valence-corrected chi connectivity index (χ2v) is 5.25. The van der Waals surface area contributed by atoms with Gasteiger partial charge in [0.1, 0.15) is 0 Å². The minimum atomic E-state index is 0.646. The molecule has 1 atom stereocenters. The Bertz CT molecular complexity index is 387. The van der Waals surface area contributed by atoms with Gasteiger partial charge in [-0.1, -0.05) is 38.5 Å². The summed E-state index contributed by atoms with van der Waals surface area (Å²) in [5.41, 5.74) is 4.56. The zero-order valence-electron chi connectivity index (χ0n) is 12.0. The maximum atomic E-state index is 3.24. The quantitative estimate of drug-likeness (QED) is 0.858. The molecule has 0 fully saturated rings. The van der Waals surface area contributed by atoms with E-state index in [0.29, 0.717) is 6.04 Å². The smallest absolute Gasteiger partial charge is 0.0350 e. The minimum absolute atomic E-state index is 0.646. The molecular weight excluding hydrogens is 220 g/mol. The van der Waals surface area contributed by atoms with Crippen LogP contribution in [0.1, 0.15) is 49.4 Å². The van der Waals surface area contributed by atoms with Crippen LogP contribution in [0.2, 0.25) is 0 Å². The summed E-state index contributed by atoms with van der Waals surface area (Å²) in [7, 11) is 2.01. The third-order valence-corrected chi connectivity index (χ3v) is 4.02. The van der Waals surface area contributed by atoms with Crippen molar-refractivity contribution in [2.75, 3.05) is 20.1 Å². The largest absolute Gasteiger partial charge is 0.316 e. The van der Waals surface area contributed by atoms with Gasteiger partial charge >= 0.3 is 0 Å². The molecule has 2 heteroatoms. The van der Waals surface area contributed by atoms with Gasteiger partial charge in [0.2, 0.25) is 0 Å². The number of fused-ring (bicyclic) bond motifs is 1. The maximum Gasteiger partial charge on any atom is 0.0350 e. The number of likely N-dealkylation sites (N-methyl/N-ethyl adjacent to an activating group) is 1. The normalized spacial score (nSPS) is 19.8. The predicted molar refractivity (Wildman–Crippen MR) is 77.8 cm³/mol. The minimum Gasteiger partial charge on any atom is -0.316 e. The van der Waals surface area contributed by atoms with Crippen LogP contribution in [0.3, 0.4) is 0 Å². The van der Waals surface area contributed by atoms with Crippen LogP contribution in [-0.2, 0) is 13.0 Å². The second kappa shape index (κ2) is 6.35. The van der Waals surface area contributed by atoms with Crippen LogP contribution in [0.5, 0.6) is 0 Å². The number of rotatable bonds is 5. The first-order valence-electron chi connectivity index (χ1n) is 7.30. The molecule has 100 valence electrons. The van der Waals surface area contributed by atoms with E-state index >= 15 is 0 Å². The van der Waals surface area contributed by atoms with Crippen molar-refractivity contribution in [3.63, 3.8) is 0 Å². The van der Waals surface area contributed by atoms with Gasteiger partial charge < -0.3 is 5.32 Å². The summed E-state index contributed by atoms with van der Waals surface area (Å²) in [6.07, 6.45) is 3.76. The van der Waals surface area contributed by atoms with Crippen molar-refractivity contribution >= 4 is 0 Å². The maximum absolute atomic E-state index is 3.24. The molecular formula is C16H26N2. The number of nitrogens with zero attached hydrogens (tertiary/aromatic N) is 1. The summed E-state index contributed by atoms with van der Waals surface area (Å²) in [5, 5.41) is 3.24. The van der Waals surface area contributed by atoms with Gasteiger partial charge in [-0.25, -0.2) is 0 Å². The fourth-order valence-electron chi connectivity index (χ4n) is 3.12. The van der Waals surface area contributed by atoms with E-state index in [2.05, 4.69) is 42.3 Å². The van der Waals surface area contributed by atoms with Crippen molar-refractivity contribution in [2.24, 2.45) is 0 Å². The zero-order chi connectivity index (χ0) is 13.0. The number of nitrogens with one attached hydrogen (secondary N) is 1. The van der Waals surface area contributed by atoms with Crippen LogP contribution >= 0.6 is 0 Å². The molecule has 2 nitrogen and oxygen atoms in total. The second-order valence-electron chi connectivity index (χ2n) is 5.25. The average molecular weight is 246 g/mol. The van der Waals surface area contributed by atoms with Gasteiger partial charge in [-0.05, 0) is 43.1 Å². The number of hydrogen-bond donors (Lipinski definition) is 1. The van der Waals surface area contributed by atoms with E-state index in [-0.39, 0.29) is 0 Å². The Balaban J connectivity index is 2.27. The molecule has 1 aromatic carbocycles. The summed E-state index contributed by atoms with van der Waals surface area (Å²) in [4.78, 5) is 2.63. The van der Waals surface area contributed by atoms with Crippen LogP contribution in [0.4, 0.5) is 0 Å². The first-order chi connectivity index (χ1) is 8.80. The van der Waals surface area contributed by atoms with Gasteiger partial charge in [-0.15, -0.1) is 0 Å². The summed E-state index contributed by atoms with van der Waals surface area (Å²) >= 11 is 0. The van der Waals surface area contributed by atoms with E-state index in [1.54, 1.807) is 11.1 Å². The van der Waals surface area contributed by atoms with Crippen molar-refractivity contribution in [3.05, 3.63) is 34.9 Å². The number of hydrogen-bond acceptors (Lipinski definition) is 2. The van der Waals surface area contributed by atoms with E-state index < -0.39 is 0 Å². The fourth-order valence-corrected chi connectivity index (χ4v) is 3.12. The topological polar surface area (TPSA) is 15.3 Å². The third-order valence-electron chi connectivity index (χ3n) is 4.02. The van der Waals surface area contributed by atoms with Gasteiger partial charge in [0.15, 0.2) is 0 Å². The van der Waals surface area contributed by atoms with Gasteiger partial charge in [0.25, 0.3) is 0 Å². The van der Waals surface area contributed by atoms with E-state index in [0.717, 1.165) is 6.54 Å². The lowest BCUT2D eigenvalue weighted by Crippen LogP contribution is -2.35. The molecule has 1 aliphatic rings. The van der Waals surface area contributed by atoms with E-state index in [1.165, 1.54) is 37.9 Å². The zero-order valence-corrected chi connectivity index (χ0v) is 12.0. The van der Waals surface area contributed by atoms with Crippen LogP contribution in [0, 0.1) is 0 Å². The van der Waals surface area contributed by atoms with E-state index in [4.69, 9.17) is 0 Å². The first kappa shape index (κ1) is 13.6. The number of benzene rings is 1. The molecule has 0 radical (unpaired) electrons. The fraction of sp³-hybridized carbons (Fsp3) is 0.625. The molecule has 1 N–H and O–H groups in total. The Kier molecular flexibility index (Phi) is 4.79. The standard InChI is InChI=1S/C16H26N2/c1-4-6-16-15-8-7-13(12-17-3)11-14(15)9-10-18(16)5-2/h7-8,11,16-17H,4-6,9-10,12H2,1-3H3. The first-order valence-corrected chi connectivity index (χ1v) is 7.30. The van der Waals surface area contributed by atoms with Crippen molar-refractivity contribution in [3.8, 4) is 0 Å². The molecule has 1 aliphatic heterocycles. The highest BCUT2D eigenvalue weighted by Gasteiger charge is 2.25. The van der Waals surface area contributed by atoms with Gasteiger partial charge in [0, 0.05) is 19.1 Å². The molecule has 0 amide bonds. The van der Waals surface area contributed by atoms with Crippen LogP contribution < -0.4 is 5.32 Å². The molecule has 0 saturated heterocycles. The highest BCUT2D eigenvalue weighted by molar-refractivity contribution is 5.36. The molecule has 1 aromatic rings. The van der Waals surface area contributed by atoms with Crippen molar-refractivity contribution < 1.29 is 0 Å². The summed E-state index contributed by atoms with van der Waals surface area (Å²) in [6.45, 7) is 7.93. The monoisotopic (exact) mass is 246 g/mol. The molecule has 1 heterocycles. The Morgan fingerprint density at radius 1 is 1.33 bits per heavy atom.